The highest BCUT2D eigenvalue weighted by Crippen LogP contribution is 2.23. The normalized spacial score (nSPS) is 12.2. The first-order chi connectivity index (χ1) is 15.2. The molecule has 1 unspecified atom stereocenters. The van der Waals surface area contributed by atoms with E-state index in [0.29, 0.717) is 33.5 Å². The second-order valence-electron chi connectivity index (χ2n) is 7.27. The number of nitrogens with zero attached hydrogens (tertiary/aromatic N) is 1. The highest BCUT2D eigenvalue weighted by Gasteiger charge is 2.16. The van der Waals surface area contributed by atoms with Crippen molar-refractivity contribution in [1.29, 1.82) is 0 Å². The molecule has 7 nitrogen and oxygen atoms in total. The van der Waals surface area contributed by atoms with Crippen LogP contribution in [0.5, 0.6) is 5.75 Å². The third kappa shape index (κ3) is 5.76. The quantitative estimate of drug-likeness (QED) is 0.384. The number of hydrogen-bond donors (Lipinski definition) is 2. The molecule has 1 aromatic heterocycles. The topological polar surface area (TPSA) is 92.9 Å². The van der Waals surface area contributed by atoms with Gasteiger partial charge in [0.25, 0.3) is 11.8 Å². The zero-order valence-corrected chi connectivity index (χ0v) is 19.0. The maximum absolute atomic E-state index is 12.5. The summed E-state index contributed by atoms with van der Waals surface area (Å²) in [6.07, 6.45) is 0.760. The Morgan fingerprint density at radius 1 is 1.09 bits per heavy atom. The first-order valence-corrected chi connectivity index (χ1v) is 10.3. The van der Waals surface area contributed by atoms with Crippen molar-refractivity contribution in [3.05, 3.63) is 82.3 Å². The number of amides is 2. The molecule has 0 saturated heterocycles. The van der Waals surface area contributed by atoms with Crippen LogP contribution in [0.15, 0.2) is 64.3 Å². The van der Waals surface area contributed by atoms with Crippen LogP contribution in [-0.2, 0) is 4.79 Å². The summed E-state index contributed by atoms with van der Waals surface area (Å²) >= 11 is 5.96. The number of carbonyl (C=O) groups excluding carboxylic acids is 2. The number of halogens is 1. The van der Waals surface area contributed by atoms with Gasteiger partial charge in [-0.1, -0.05) is 23.7 Å². The molecular formula is C24H24ClN3O4. The summed E-state index contributed by atoms with van der Waals surface area (Å²) < 4.78 is 10.9. The molecule has 0 spiro atoms. The van der Waals surface area contributed by atoms with Gasteiger partial charge in [0.1, 0.15) is 11.5 Å². The van der Waals surface area contributed by atoms with E-state index in [4.69, 9.17) is 20.8 Å². The Kier molecular flexibility index (Phi) is 7.33. The molecule has 166 valence electrons. The predicted molar refractivity (Wildman–Crippen MR) is 124 cm³/mol. The van der Waals surface area contributed by atoms with Crippen molar-refractivity contribution < 1.29 is 18.7 Å². The van der Waals surface area contributed by atoms with E-state index in [2.05, 4.69) is 15.8 Å². The Morgan fingerprint density at radius 2 is 1.81 bits per heavy atom. The van der Waals surface area contributed by atoms with E-state index in [9.17, 15) is 9.59 Å². The van der Waals surface area contributed by atoms with Crippen molar-refractivity contribution in [3.8, 4) is 5.75 Å². The minimum absolute atomic E-state index is 0.278. The zero-order chi connectivity index (χ0) is 23.3. The lowest BCUT2D eigenvalue weighted by Gasteiger charge is -2.16. The van der Waals surface area contributed by atoms with Crippen LogP contribution in [0.1, 0.15) is 41.1 Å². The Labute approximate surface area is 191 Å². The first kappa shape index (κ1) is 23.1. The molecule has 3 aromatic rings. The lowest BCUT2D eigenvalue weighted by molar-refractivity contribution is -0.122. The molecule has 0 bridgehead atoms. The van der Waals surface area contributed by atoms with Crippen molar-refractivity contribution in [2.24, 2.45) is 5.10 Å². The van der Waals surface area contributed by atoms with Crippen LogP contribution in [0, 0.1) is 13.8 Å². The Bertz CT molecular complexity index is 1150. The van der Waals surface area contributed by atoms with E-state index in [-0.39, 0.29) is 11.8 Å². The van der Waals surface area contributed by atoms with Gasteiger partial charge in [-0.3, -0.25) is 9.59 Å². The fourth-order valence-electron chi connectivity index (χ4n) is 2.91. The van der Waals surface area contributed by atoms with Crippen molar-refractivity contribution in [1.82, 2.24) is 5.43 Å². The van der Waals surface area contributed by atoms with Crippen molar-refractivity contribution >= 4 is 34.8 Å². The number of anilines is 1. The molecule has 2 N–H and O–H groups in total. The molecule has 32 heavy (non-hydrogen) atoms. The lowest BCUT2D eigenvalue weighted by Crippen LogP contribution is -2.30. The highest BCUT2D eigenvalue weighted by atomic mass is 35.5. The Balaban J connectivity index is 1.58. The van der Waals surface area contributed by atoms with E-state index in [1.165, 1.54) is 6.26 Å². The maximum Gasteiger partial charge on any atom is 0.274 e. The molecule has 0 aliphatic rings. The first-order valence-electron chi connectivity index (χ1n) is 9.97. The van der Waals surface area contributed by atoms with E-state index in [1.54, 1.807) is 69.3 Å². The van der Waals surface area contributed by atoms with Gasteiger partial charge >= 0.3 is 0 Å². The standard InChI is InChI=1S/C24H24ClN3O4/c1-14-13-19(25)7-10-22(14)32-17(4)23(29)26-20-8-5-18(6-9-20)15(2)27-28-24(30)21-11-12-31-16(21)3/h5-13,17H,1-4H3,(H,26,29)(H,28,30)/b27-15+. The zero-order valence-electron chi connectivity index (χ0n) is 18.2. The molecular weight excluding hydrogens is 430 g/mol. The molecule has 0 saturated carbocycles. The van der Waals surface area contributed by atoms with Crippen LogP contribution in [0.3, 0.4) is 0 Å². The molecule has 0 fully saturated rings. The van der Waals surface area contributed by atoms with Gasteiger partial charge in [0.05, 0.1) is 17.5 Å². The predicted octanol–water partition coefficient (Wildman–Crippen LogP) is 5.11. The van der Waals surface area contributed by atoms with E-state index in [0.717, 1.165) is 11.1 Å². The van der Waals surface area contributed by atoms with Crippen LogP contribution in [0.2, 0.25) is 5.02 Å². The molecule has 8 heteroatoms. The van der Waals surface area contributed by atoms with Crippen molar-refractivity contribution in [2.45, 2.75) is 33.8 Å². The average Bonchev–Trinajstić information content (AvgIpc) is 3.20. The molecule has 0 aliphatic heterocycles. The van der Waals surface area contributed by atoms with Gasteiger partial charge in [0.15, 0.2) is 6.10 Å². The molecule has 2 amide bonds. The summed E-state index contributed by atoms with van der Waals surface area (Å²) in [5.74, 6) is 0.511. The molecule has 0 radical (unpaired) electrons. The van der Waals surface area contributed by atoms with Crippen molar-refractivity contribution in [2.75, 3.05) is 5.32 Å². The average molecular weight is 454 g/mol. The third-order valence-corrected chi connectivity index (χ3v) is 5.04. The highest BCUT2D eigenvalue weighted by molar-refractivity contribution is 6.30. The third-order valence-electron chi connectivity index (χ3n) is 4.81. The maximum atomic E-state index is 12.5. The van der Waals surface area contributed by atoms with Crippen LogP contribution < -0.4 is 15.5 Å². The van der Waals surface area contributed by atoms with Crippen LogP contribution in [-0.4, -0.2) is 23.6 Å². The number of rotatable bonds is 7. The van der Waals surface area contributed by atoms with Crippen LogP contribution >= 0.6 is 11.6 Å². The second-order valence-corrected chi connectivity index (χ2v) is 7.70. The monoisotopic (exact) mass is 453 g/mol. The van der Waals surface area contributed by atoms with E-state index >= 15 is 0 Å². The van der Waals surface area contributed by atoms with Gasteiger partial charge in [-0.25, -0.2) is 5.43 Å². The number of aryl methyl sites for hydroxylation is 2. The number of ether oxygens (including phenoxy) is 1. The molecule has 1 atom stereocenters. The molecule has 1 heterocycles. The summed E-state index contributed by atoms with van der Waals surface area (Å²) in [5.41, 5.74) is 5.84. The fraction of sp³-hybridized carbons (Fsp3) is 0.208. The van der Waals surface area contributed by atoms with Crippen molar-refractivity contribution in [3.63, 3.8) is 0 Å². The lowest BCUT2D eigenvalue weighted by atomic mass is 10.1. The molecule has 2 aromatic carbocycles. The number of hydrogen-bond acceptors (Lipinski definition) is 5. The summed E-state index contributed by atoms with van der Waals surface area (Å²) in [6, 6.07) is 14.0. The minimum atomic E-state index is -0.695. The van der Waals surface area contributed by atoms with Crippen LogP contribution in [0.4, 0.5) is 5.69 Å². The van der Waals surface area contributed by atoms with Gasteiger partial charge in [-0.15, -0.1) is 0 Å². The number of benzene rings is 2. The Hall–Kier alpha value is -3.58. The van der Waals surface area contributed by atoms with Crippen LogP contribution in [0.25, 0.3) is 0 Å². The number of furan rings is 1. The summed E-state index contributed by atoms with van der Waals surface area (Å²) in [7, 11) is 0. The minimum Gasteiger partial charge on any atom is -0.481 e. The largest absolute Gasteiger partial charge is 0.481 e. The number of hydrazone groups is 1. The van der Waals surface area contributed by atoms with Gasteiger partial charge < -0.3 is 14.5 Å². The van der Waals surface area contributed by atoms with E-state index < -0.39 is 6.10 Å². The van der Waals surface area contributed by atoms with Gasteiger partial charge in [-0.05, 0) is 75.2 Å². The summed E-state index contributed by atoms with van der Waals surface area (Å²) in [4.78, 5) is 24.6. The second kappa shape index (κ2) is 10.2. The summed E-state index contributed by atoms with van der Waals surface area (Å²) in [6.45, 7) is 7.04. The fourth-order valence-corrected chi connectivity index (χ4v) is 3.13. The van der Waals surface area contributed by atoms with E-state index in [1.807, 2.05) is 6.92 Å². The molecule has 0 aliphatic carbocycles. The summed E-state index contributed by atoms with van der Waals surface area (Å²) in [5, 5.41) is 7.57. The Morgan fingerprint density at radius 3 is 2.44 bits per heavy atom. The smallest absolute Gasteiger partial charge is 0.274 e. The SMILES string of the molecule is C/C(=N\NC(=O)c1ccoc1C)c1ccc(NC(=O)C(C)Oc2ccc(Cl)cc2C)cc1. The van der Waals surface area contributed by atoms with Gasteiger partial charge in [-0.2, -0.15) is 5.10 Å². The van der Waals surface area contributed by atoms with Gasteiger partial charge in [0, 0.05) is 10.7 Å². The number of nitrogens with one attached hydrogen (secondary N) is 2. The van der Waals surface area contributed by atoms with Gasteiger partial charge in [0.2, 0.25) is 0 Å². The molecule has 3 rings (SSSR count). The number of carbonyl (C=O) groups is 2.